The van der Waals surface area contributed by atoms with E-state index >= 15 is 0 Å². The van der Waals surface area contributed by atoms with E-state index in [1.807, 2.05) is 14.0 Å². The Balaban J connectivity index is 2.38. The maximum Gasteiger partial charge on any atom is 0.129 e. The van der Waals surface area contributed by atoms with E-state index in [9.17, 15) is 4.39 Å². The first-order valence-electron chi connectivity index (χ1n) is 7.89. The molecule has 1 aromatic carbocycles. The molecule has 0 spiro atoms. The van der Waals surface area contributed by atoms with E-state index in [0.29, 0.717) is 17.2 Å². The van der Waals surface area contributed by atoms with Crippen LogP contribution in [0.2, 0.25) is 5.02 Å². The Hall–Kier alpha value is -0.640. The normalized spacial score (nSPS) is 20.0. The molecule has 2 rings (SSSR count). The lowest BCUT2D eigenvalue weighted by atomic mass is 9.82. The summed E-state index contributed by atoms with van der Waals surface area (Å²) in [7, 11) is 1.88. The van der Waals surface area contributed by atoms with E-state index in [4.69, 9.17) is 16.3 Å². The fourth-order valence-electron chi connectivity index (χ4n) is 3.57. The molecular formula is C17H25ClFNO. The van der Waals surface area contributed by atoms with Crippen molar-refractivity contribution < 1.29 is 9.13 Å². The zero-order valence-corrected chi connectivity index (χ0v) is 13.7. The second kappa shape index (κ2) is 7.57. The fourth-order valence-corrected chi connectivity index (χ4v) is 3.73. The molecule has 0 heterocycles. The average Bonchev–Trinajstić information content (AvgIpc) is 2.69. The van der Waals surface area contributed by atoms with Gasteiger partial charge < -0.3 is 10.1 Å². The smallest absolute Gasteiger partial charge is 0.129 e. The van der Waals surface area contributed by atoms with Gasteiger partial charge in [0.2, 0.25) is 0 Å². The standard InChI is InChI=1S/C17H25ClFNO/c1-3-21-17(10-6-4-5-7-11-17)16(20-2)14-9-8-13(18)12-15(14)19/h8-9,12,16,20H,3-7,10-11H2,1-2H3. The number of ether oxygens (including phenoxy) is 1. The van der Waals surface area contributed by atoms with Crippen LogP contribution in [-0.2, 0) is 4.74 Å². The Labute approximate surface area is 132 Å². The molecule has 118 valence electrons. The molecule has 1 atom stereocenters. The number of benzene rings is 1. The summed E-state index contributed by atoms with van der Waals surface area (Å²) >= 11 is 5.88. The van der Waals surface area contributed by atoms with Crippen molar-refractivity contribution in [2.45, 2.75) is 57.1 Å². The van der Waals surface area contributed by atoms with Gasteiger partial charge in [-0.3, -0.25) is 0 Å². The average molecular weight is 314 g/mol. The minimum absolute atomic E-state index is 0.146. The molecule has 1 aliphatic carbocycles. The van der Waals surface area contributed by atoms with Crippen LogP contribution in [0, 0.1) is 5.82 Å². The first kappa shape index (κ1) is 16.7. The van der Waals surface area contributed by atoms with Crippen molar-refractivity contribution in [2.75, 3.05) is 13.7 Å². The van der Waals surface area contributed by atoms with Crippen LogP contribution >= 0.6 is 11.6 Å². The Kier molecular flexibility index (Phi) is 6.03. The molecular weight excluding hydrogens is 289 g/mol. The molecule has 0 amide bonds. The first-order valence-corrected chi connectivity index (χ1v) is 8.27. The molecule has 0 aliphatic heterocycles. The second-order valence-electron chi connectivity index (χ2n) is 5.80. The lowest BCUT2D eigenvalue weighted by molar-refractivity contribution is -0.0773. The van der Waals surface area contributed by atoms with Crippen LogP contribution < -0.4 is 5.32 Å². The first-order chi connectivity index (χ1) is 10.1. The molecule has 1 saturated carbocycles. The van der Waals surface area contributed by atoms with Crippen molar-refractivity contribution in [3.63, 3.8) is 0 Å². The van der Waals surface area contributed by atoms with Crippen LogP contribution in [0.5, 0.6) is 0 Å². The molecule has 4 heteroatoms. The Morgan fingerprint density at radius 1 is 1.29 bits per heavy atom. The number of hydrogen-bond donors (Lipinski definition) is 1. The van der Waals surface area contributed by atoms with Gasteiger partial charge in [0.15, 0.2) is 0 Å². The summed E-state index contributed by atoms with van der Waals surface area (Å²) in [6, 6.07) is 4.77. The van der Waals surface area contributed by atoms with Crippen LogP contribution in [0.3, 0.4) is 0 Å². The van der Waals surface area contributed by atoms with Crippen molar-refractivity contribution in [1.29, 1.82) is 0 Å². The quantitative estimate of drug-likeness (QED) is 0.783. The van der Waals surface area contributed by atoms with Crippen LogP contribution in [0.25, 0.3) is 0 Å². The Bertz CT molecular complexity index is 458. The summed E-state index contributed by atoms with van der Waals surface area (Å²) in [5.41, 5.74) is 0.325. The van der Waals surface area contributed by atoms with Crippen LogP contribution in [0.1, 0.15) is 57.1 Å². The SMILES string of the molecule is CCOC1(C(NC)c2ccc(Cl)cc2F)CCCCCC1. The molecule has 1 aliphatic rings. The van der Waals surface area contributed by atoms with Gasteiger partial charge in [0.1, 0.15) is 5.82 Å². The highest BCUT2D eigenvalue weighted by Crippen LogP contribution is 2.41. The van der Waals surface area contributed by atoms with Crippen molar-refractivity contribution in [2.24, 2.45) is 0 Å². The summed E-state index contributed by atoms with van der Waals surface area (Å²) in [6.45, 7) is 2.66. The predicted molar refractivity (Wildman–Crippen MR) is 85.3 cm³/mol. The lowest BCUT2D eigenvalue weighted by Gasteiger charge is -2.40. The van der Waals surface area contributed by atoms with E-state index in [0.717, 1.165) is 25.7 Å². The minimum Gasteiger partial charge on any atom is -0.373 e. The molecule has 0 aromatic heterocycles. The molecule has 1 fully saturated rings. The largest absolute Gasteiger partial charge is 0.373 e. The zero-order valence-electron chi connectivity index (χ0n) is 12.9. The molecule has 0 bridgehead atoms. The van der Waals surface area contributed by atoms with Crippen molar-refractivity contribution >= 4 is 11.6 Å². The van der Waals surface area contributed by atoms with Gasteiger partial charge in [-0.1, -0.05) is 43.4 Å². The third-order valence-corrected chi connectivity index (χ3v) is 4.71. The summed E-state index contributed by atoms with van der Waals surface area (Å²) in [5.74, 6) is -0.259. The van der Waals surface area contributed by atoms with Gasteiger partial charge in [0.25, 0.3) is 0 Å². The fraction of sp³-hybridized carbons (Fsp3) is 0.647. The predicted octanol–water partition coefficient (Wildman–Crippen LogP) is 4.87. The minimum atomic E-state index is -0.325. The summed E-state index contributed by atoms with van der Waals surface area (Å²) < 4.78 is 20.6. The van der Waals surface area contributed by atoms with Gasteiger partial charge in [-0.25, -0.2) is 4.39 Å². The van der Waals surface area contributed by atoms with E-state index in [2.05, 4.69) is 5.32 Å². The maximum atomic E-state index is 14.4. The molecule has 0 radical (unpaired) electrons. The van der Waals surface area contributed by atoms with E-state index in [1.165, 1.54) is 18.9 Å². The highest BCUT2D eigenvalue weighted by molar-refractivity contribution is 6.30. The third kappa shape index (κ3) is 3.77. The zero-order chi connectivity index (χ0) is 15.3. The monoisotopic (exact) mass is 313 g/mol. The van der Waals surface area contributed by atoms with Gasteiger partial charge in [0.05, 0.1) is 11.6 Å². The molecule has 2 nitrogen and oxygen atoms in total. The van der Waals surface area contributed by atoms with E-state index in [1.54, 1.807) is 12.1 Å². The molecule has 1 unspecified atom stereocenters. The van der Waals surface area contributed by atoms with Crippen LogP contribution in [-0.4, -0.2) is 19.3 Å². The van der Waals surface area contributed by atoms with Crippen molar-refractivity contribution in [3.8, 4) is 0 Å². The lowest BCUT2D eigenvalue weighted by Crippen LogP contribution is -2.45. The van der Waals surface area contributed by atoms with Gasteiger partial charge in [-0.15, -0.1) is 0 Å². The third-order valence-electron chi connectivity index (χ3n) is 4.47. The summed E-state index contributed by atoms with van der Waals surface area (Å²) in [4.78, 5) is 0. The number of hydrogen-bond acceptors (Lipinski definition) is 2. The van der Waals surface area contributed by atoms with Crippen molar-refractivity contribution in [3.05, 3.63) is 34.6 Å². The second-order valence-corrected chi connectivity index (χ2v) is 6.24. The summed E-state index contributed by atoms with van der Waals surface area (Å²) in [5, 5.41) is 3.72. The van der Waals surface area contributed by atoms with E-state index in [-0.39, 0.29) is 17.5 Å². The van der Waals surface area contributed by atoms with Gasteiger partial charge >= 0.3 is 0 Å². The number of halogens is 2. The molecule has 0 saturated heterocycles. The summed E-state index contributed by atoms with van der Waals surface area (Å²) in [6.07, 6.45) is 6.66. The van der Waals surface area contributed by atoms with Gasteiger partial charge in [-0.2, -0.15) is 0 Å². The highest BCUT2D eigenvalue weighted by Gasteiger charge is 2.41. The van der Waals surface area contributed by atoms with Gasteiger partial charge in [-0.05, 0) is 38.9 Å². The Morgan fingerprint density at radius 2 is 1.95 bits per heavy atom. The van der Waals surface area contributed by atoms with Crippen LogP contribution in [0.15, 0.2) is 18.2 Å². The van der Waals surface area contributed by atoms with E-state index < -0.39 is 0 Å². The number of nitrogens with one attached hydrogen (secondary N) is 1. The van der Waals surface area contributed by atoms with Crippen LogP contribution in [0.4, 0.5) is 4.39 Å². The Morgan fingerprint density at radius 3 is 2.48 bits per heavy atom. The number of rotatable bonds is 5. The maximum absolute atomic E-state index is 14.4. The topological polar surface area (TPSA) is 21.3 Å². The van der Waals surface area contributed by atoms with Gasteiger partial charge in [0, 0.05) is 17.2 Å². The molecule has 21 heavy (non-hydrogen) atoms. The molecule has 1 aromatic rings. The molecule has 1 N–H and O–H groups in total. The van der Waals surface area contributed by atoms with Crippen molar-refractivity contribution in [1.82, 2.24) is 5.32 Å². The highest BCUT2D eigenvalue weighted by atomic mass is 35.5. The number of likely N-dealkylation sites (N-methyl/N-ethyl adjacent to an activating group) is 1.